The predicted octanol–water partition coefficient (Wildman–Crippen LogP) is 15.5. The third-order valence-electron chi connectivity index (χ3n) is 16.1. The molecule has 0 saturated heterocycles. The number of esters is 6. The number of carbonyl (C=O) groups excluding carboxylic acids is 6. The summed E-state index contributed by atoms with van der Waals surface area (Å²) in [5.41, 5.74) is 0.323. The van der Waals surface area contributed by atoms with Crippen molar-refractivity contribution in [3.63, 3.8) is 0 Å². The van der Waals surface area contributed by atoms with Crippen LogP contribution in [0.5, 0.6) is 0 Å². The molecule has 0 aromatic heterocycles. The fraction of sp³-hybridized carbons (Fsp3) is 0.714. The molecule has 0 radical (unpaired) electrons. The Kier molecular flexibility index (Phi) is 29.8. The maximum absolute atomic E-state index is 11.5. The summed E-state index contributed by atoms with van der Waals surface area (Å²) in [6.45, 7) is 42.6. The van der Waals surface area contributed by atoms with E-state index in [9.17, 15) is 28.8 Å². The molecular formula is C63H102O12. The first kappa shape index (κ1) is 68.3. The highest BCUT2D eigenvalue weighted by Crippen LogP contribution is 2.41. The molecule has 6 aliphatic rings. The molecule has 0 N–H and O–H groups in total. The van der Waals surface area contributed by atoms with Crippen molar-refractivity contribution in [2.24, 2.45) is 11.8 Å². The van der Waals surface area contributed by atoms with Crippen molar-refractivity contribution in [1.29, 1.82) is 0 Å². The van der Waals surface area contributed by atoms with E-state index in [2.05, 4.69) is 81.0 Å². The molecule has 6 aliphatic carbocycles. The summed E-state index contributed by atoms with van der Waals surface area (Å²) in [6, 6.07) is 0. The van der Waals surface area contributed by atoms with E-state index in [4.69, 9.17) is 28.4 Å². The maximum atomic E-state index is 11.5. The van der Waals surface area contributed by atoms with Gasteiger partial charge in [-0.15, -0.1) is 0 Å². The standard InChI is InChI=1S/C12H20O2.2C11H18O2.2C10H16O2.C9H14O2/c1-9(2)11(13)14-12(10(3)4)7-5-6-8-12;1-4-11(7-5-6-8-11)13-10(12)9(2)3;1-4-10(12)13-11(9(2)3)7-5-6-8-11;1-8(2)9(11)12-10(3)6-4-5-7-10;1-3-9(11)12-10(4-2)7-5-6-8-10;1-3-8(10)11-9(2)6-4-5-7-9/h10H,1,5-8H2,2-4H3;2,4-8H2,1,3H3;4,9H,1,5-8H2,2-3H3;1,4-7H2,2-3H3;3H,1,4-8H2,2H3;3H,1,4-7H2,2H3. The van der Waals surface area contributed by atoms with Gasteiger partial charge in [0, 0.05) is 34.9 Å². The Bertz CT molecular complexity index is 1900. The number of rotatable bonds is 16. The SMILES string of the molecule is C=C(C)C(=O)OC1(C(C)C)CCCC1.C=C(C)C(=O)OC1(C)CCCC1.C=C(C)C(=O)OC1(CC)CCCC1.C=CC(=O)OC1(C(C)C)CCCC1.C=CC(=O)OC1(C)CCCC1.C=CC(=O)OC1(CC)CCCC1. The van der Waals surface area contributed by atoms with Crippen LogP contribution in [0.2, 0.25) is 0 Å². The summed E-state index contributed by atoms with van der Waals surface area (Å²) in [5, 5.41) is 0. The third kappa shape index (κ3) is 23.6. The first-order chi connectivity index (χ1) is 35.1. The van der Waals surface area contributed by atoms with Gasteiger partial charge in [-0.2, -0.15) is 0 Å². The minimum Gasteiger partial charge on any atom is -0.456 e. The molecule has 6 rings (SSSR count). The lowest BCUT2D eigenvalue weighted by molar-refractivity contribution is -0.159. The Balaban J connectivity index is 0.000000451. The van der Waals surface area contributed by atoms with Gasteiger partial charge in [-0.05, 0) is 213 Å². The molecule has 0 unspecified atom stereocenters. The Morgan fingerprint density at radius 1 is 0.387 bits per heavy atom. The second-order valence-electron chi connectivity index (χ2n) is 23.0. The molecule has 6 saturated carbocycles. The van der Waals surface area contributed by atoms with E-state index in [1.54, 1.807) is 20.8 Å². The normalized spacial score (nSPS) is 20.3. The van der Waals surface area contributed by atoms with E-state index < -0.39 is 0 Å². The summed E-state index contributed by atoms with van der Waals surface area (Å²) in [5.74, 6) is -0.778. The Hall–Kier alpha value is -4.74. The molecule has 6 fully saturated rings. The van der Waals surface area contributed by atoms with Crippen molar-refractivity contribution in [3.05, 3.63) is 74.4 Å². The average molecular weight is 1050 g/mol. The minimum absolute atomic E-state index is 0.161. The largest absolute Gasteiger partial charge is 0.456 e. The van der Waals surface area contributed by atoms with Crippen molar-refractivity contribution in [2.75, 3.05) is 0 Å². The Morgan fingerprint density at radius 3 is 0.960 bits per heavy atom. The number of ether oxygens (including phenoxy) is 6. The van der Waals surface area contributed by atoms with Gasteiger partial charge >= 0.3 is 35.8 Å². The average Bonchev–Trinajstić information content (AvgIpc) is 4.25. The van der Waals surface area contributed by atoms with Gasteiger partial charge in [-0.1, -0.05) is 81.0 Å². The molecule has 0 aromatic rings. The van der Waals surface area contributed by atoms with Crippen LogP contribution in [0.15, 0.2) is 74.4 Å². The molecule has 0 amide bonds. The lowest BCUT2D eigenvalue weighted by Gasteiger charge is -2.33. The summed E-state index contributed by atoms with van der Waals surface area (Å²) in [6.07, 6.45) is 31.7. The van der Waals surface area contributed by atoms with Crippen LogP contribution >= 0.6 is 0 Å². The van der Waals surface area contributed by atoms with Gasteiger partial charge in [-0.3, -0.25) is 0 Å². The van der Waals surface area contributed by atoms with Crippen molar-refractivity contribution in [3.8, 4) is 0 Å². The van der Waals surface area contributed by atoms with E-state index in [1.165, 1.54) is 95.3 Å². The van der Waals surface area contributed by atoms with E-state index in [0.29, 0.717) is 28.6 Å². The fourth-order valence-corrected chi connectivity index (χ4v) is 10.7. The zero-order chi connectivity index (χ0) is 57.1. The monoisotopic (exact) mass is 1050 g/mol. The smallest absolute Gasteiger partial charge is 0.333 e. The second-order valence-corrected chi connectivity index (χ2v) is 23.0. The third-order valence-corrected chi connectivity index (χ3v) is 16.1. The van der Waals surface area contributed by atoms with Gasteiger partial charge < -0.3 is 28.4 Å². The molecule has 0 aromatic carbocycles. The highest BCUT2D eigenvalue weighted by molar-refractivity contribution is 5.88. The van der Waals surface area contributed by atoms with Crippen LogP contribution in [-0.4, -0.2) is 69.4 Å². The van der Waals surface area contributed by atoms with Crippen molar-refractivity contribution in [1.82, 2.24) is 0 Å². The summed E-state index contributed by atoms with van der Waals surface area (Å²) in [4.78, 5) is 67.0. The zero-order valence-electron chi connectivity index (χ0n) is 48.9. The van der Waals surface area contributed by atoms with Crippen LogP contribution in [0.1, 0.15) is 243 Å². The summed E-state index contributed by atoms with van der Waals surface area (Å²) >= 11 is 0. The molecule has 75 heavy (non-hydrogen) atoms. The lowest BCUT2D eigenvalue weighted by atomic mass is 9.88. The predicted molar refractivity (Wildman–Crippen MR) is 300 cm³/mol. The summed E-state index contributed by atoms with van der Waals surface area (Å²) < 4.78 is 32.4. The van der Waals surface area contributed by atoms with Gasteiger partial charge in [0.2, 0.25) is 0 Å². The van der Waals surface area contributed by atoms with Crippen LogP contribution in [0.3, 0.4) is 0 Å². The molecule has 12 nitrogen and oxygen atoms in total. The molecule has 0 atom stereocenters. The molecule has 0 bridgehead atoms. The zero-order valence-corrected chi connectivity index (χ0v) is 48.9. The van der Waals surface area contributed by atoms with Gasteiger partial charge in [0.15, 0.2) is 0 Å². The fourth-order valence-electron chi connectivity index (χ4n) is 10.7. The van der Waals surface area contributed by atoms with Crippen LogP contribution in [0.4, 0.5) is 0 Å². The number of hydrogen-bond donors (Lipinski definition) is 0. The molecule has 0 aliphatic heterocycles. The van der Waals surface area contributed by atoms with Crippen molar-refractivity contribution in [2.45, 2.75) is 277 Å². The van der Waals surface area contributed by atoms with Crippen LogP contribution in [0, 0.1) is 11.8 Å². The first-order valence-corrected chi connectivity index (χ1v) is 28.3. The van der Waals surface area contributed by atoms with Crippen LogP contribution in [-0.2, 0) is 57.2 Å². The topological polar surface area (TPSA) is 158 Å². The van der Waals surface area contributed by atoms with Crippen LogP contribution in [0.25, 0.3) is 0 Å². The van der Waals surface area contributed by atoms with E-state index in [1.807, 2.05) is 13.8 Å². The van der Waals surface area contributed by atoms with Crippen molar-refractivity contribution >= 4 is 35.8 Å². The molecular weight excluding hydrogens is 949 g/mol. The highest BCUT2D eigenvalue weighted by atomic mass is 16.6. The number of hydrogen-bond acceptors (Lipinski definition) is 12. The van der Waals surface area contributed by atoms with Crippen molar-refractivity contribution < 1.29 is 57.2 Å². The quantitative estimate of drug-likeness (QED) is 0.0820. The van der Waals surface area contributed by atoms with E-state index in [-0.39, 0.29) is 69.4 Å². The molecule has 426 valence electrons. The summed E-state index contributed by atoms with van der Waals surface area (Å²) in [7, 11) is 0. The number of carbonyl (C=O) groups is 6. The first-order valence-electron chi connectivity index (χ1n) is 28.3. The Morgan fingerprint density at radius 2 is 0.640 bits per heavy atom. The Labute approximate surface area is 454 Å². The van der Waals surface area contributed by atoms with Gasteiger partial charge in [0.25, 0.3) is 0 Å². The van der Waals surface area contributed by atoms with Gasteiger partial charge in [-0.25, -0.2) is 28.8 Å². The highest BCUT2D eigenvalue weighted by Gasteiger charge is 2.42. The van der Waals surface area contributed by atoms with Crippen LogP contribution < -0.4 is 0 Å². The van der Waals surface area contributed by atoms with E-state index in [0.717, 1.165) is 89.9 Å². The molecule has 0 spiro atoms. The minimum atomic E-state index is -0.297. The lowest BCUT2D eigenvalue weighted by Crippen LogP contribution is -2.37. The second kappa shape index (κ2) is 32.8. The van der Waals surface area contributed by atoms with Gasteiger partial charge in [0.1, 0.15) is 33.6 Å². The van der Waals surface area contributed by atoms with Gasteiger partial charge in [0.05, 0.1) is 0 Å². The maximum Gasteiger partial charge on any atom is 0.333 e. The molecule has 12 heteroatoms. The molecule has 0 heterocycles. The van der Waals surface area contributed by atoms with E-state index >= 15 is 0 Å².